The molecule has 11 nitrogen and oxygen atoms in total. The summed E-state index contributed by atoms with van der Waals surface area (Å²) in [5, 5.41) is 11.4. The number of fused-ring (bicyclic) bond motifs is 1. The van der Waals surface area contributed by atoms with Crippen LogP contribution in [0.25, 0.3) is 10.8 Å². The van der Waals surface area contributed by atoms with E-state index in [-0.39, 0.29) is 24.0 Å². The molecular formula is C26H28F6N4O7S. The van der Waals surface area contributed by atoms with Crippen molar-refractivity contribution in [1.29, 1.82) is 0 Å². The van der Waals surface area contributed by atoms with Gasteiger partial charge in [0.2, 0.25) is 10.0 Å². The Hall–Kier alpha value is -4.48. The average molecular weight is 655 g/mol. The number of carbonyl (C=O) groups is 2. The largest absolute Gasteiger partial charge is 0.490 e. The van der Waals surface area contributed by atoms with E-state index in [2.05, 4.69) is 10.3 Å². The van der Waals surface area contributed by atoms with Gasteiger partial charge >= 0.3 is 18.3 Å². The third-order valence-electron chi connectivity index (χ3n) is 5.18. The third kappa shape index (κ3) is 11.0. The van der Waals surface area contributed by atoms with Crippen LogP contribution in [-0.4, -0.2) is 61.2 Å². The Morgan fingerprint density at radius 2 is 1.66 bits per heavy atom. The van der Waals surface area contributed by atoms with Crippen LogP contribution in [0.5, 0.6) is 11.5 Å². The van der Waals surface area contributed by atoms with Crippen LogP contribution < -0.4 is 25.2 Å². The maximum Gasteiger partial charge on any atom is 0.490 e. The number of aromatic nitrogens is 1. The molecule has 0 fully saturated rings. The van der Waals surface area contributed by atoms with Crippen molar-refractivity contribution < 1.29 is 58.9 Å². The molecule has 0 radical (unpaired) electrons. The van der Waals surface area contributed by atoms with Crippen LogP contribution in [0.4, 0.5) is 37.8 Å². The monoisotopic (exact) mass is 654 g/mol. The molecule has 1 atom stereocenters. The fourth-order valence-corrected chi connectivity index (χ4v) is 4.47. The maximum atomic E-state index is 13.1. The van der Waals surface area contributed by atoms with E-state index in [1.165, 1.54) is 23.1 Å². The Kier molecular flexibility index (Phi) is 11.6. The summed E-state index contributed by atoms with van der Waals surface area (Å²) < 4.78 is 107. The summed E-state index contributed by atoms with van der Waals surface area (Å²) >= 11 is 0. The molecule has 1 amide bonds. The number of nitrogen functional groups attached to an aromatic ring is 1. The Balaban J connectivity index is 0.000000860. The molecule has 0 saturated carbocycles. The fraction of sp³-hybridized carbons (Fsp3) is 0.346. The van der Waals surface area contributed by atoms with E-state index in [4.69, 9.17) is 25.1 Å². The standard InChI is InChI=1S/C24H27F3N4O5S.C2HF3O2/c1-4-35-20-12-16(5-8-19(20)36-14(2)3)21(23(32)31-37(33,34)13-24(25,26)27)30-17-6-7-18-15(11-17)9-10-29-22(18)28;3-2(4,5)1(6)7/h5-12,14,21,30H,4,13H2,1-3H3,(H2,28,29)(H,31,32);(H,6,7). The van der Waals surface area contributed by atoms with Crippen LogP contribution in [-0.2, 0) is 19.6 Å². The van der Waals surface area contributed by atoms with Gasteiger partial charge in [-0.1, -0.05) is 6.07 Å². The molecule has 0 aliphatic carbocycles. The van der Waals surface area contributed by atoms with E-state index in [1.54, 1.807) is 37.3 Å². The number of benzene rings is 2. The minimum atomic E-state index is -5.08. The molecule has 242 valence electrons. The van der Waals surface area contributed by atoms with Gasteiger partial charge in [-0.05, 0) is 68.1 Å². The van der Waals surface area contributed by atoms with Gasteiger partial charge in [0.05, 0.1) is 12.7 Å². The molecule has 0 bridgehead atoms. The number of halogens is 6. The molecule has 44 heavy (non-hydrogen) atoms. The van der Waals surface area contributed by atoms with Crippen molar-refractivity contribution in [3.63, 3.8) is 0 Å². The van der Waals surface area contributed by atoms with Crippen molar-refractivity contribution in [2.75, 3.05) is 23.4 Å². The van der Waals surface area contributed by atoms with E-state index in [0.717, 1.165) is 0 Å². The third-order valence-corrected chi connectivity index (χ3v) is 6.40. The number of hydrogen-bond acceptors (Lipinski definition) is 9. The van der Waals surface area contributed by atoms with Gasteiger partial charge in [-0.3, -0.25) is 9.52 Å². The first-order valence-corrected chi connectivity index (χ1v) is 14.1. The van der Waals surface area contributed by atoms with Crippen molar-refractivity contribution >= 4 is 44.2 Å². The highest BCUT2D eigenvalue weighted by Gasteiger charge is 2.38. The summed E-state index contributed by atoms with van der Waals surface area (Å²) in [7, 11) is -5.01. The molecule has 5 N–H and O–H groups in total. The Bertz CT molecular complexity index is 1580. The van der Waals surface area contributed by atoms with E-state index < -0.39 is 46.0 Å². The zero-order chi connectivity index (χ0) is 33.5. The Labute approximate surface area is 247 Å². The van der Waals surface area contributed by atoms with Crippen LogP contribution in [0.2, 0.25) is 0 Å². The zero-order valence-corrected chi connectivity index (χ0v) is 24.1. The van der Waals surface area contributed by atoms with Crippen LogP contribution in [0, 0.1) is 0 Å². The molecule has 0 spiro atoms. The second kappa shape index (κ2) is 14.3. The first-order valence-electron chi connectivity index (χ1n) is 12.5. The molecule has 0 aliphatic rings. The Morgan fingerprint density at radius 1 is 1.02 bits per heavy atom. The summed E-state index contributed by atoms with van der Waals surface area (Å²) in [6.07, 6.45) is -8.80. The lowest BCUT2D eigenvalue weighted by molar-refractivity contribution is -0.192. The average Bonchev–Trinajstić information content (AvgIpc) is 2.86. The number of carboxylic acids is 1. The highest BCUT2D eigenvalue weighted by molar-refractivity contribution is 7.90. The van der Waals surface area contributed by atoms with Crippen LogP contribution in [0.3, 0.4) is 0 Å². The fourth-order valence-electron chi connectivity index (χ4n) is 3.55. The maximum absolute atomic E-state index is 13.1. The number of rotatable bonds is 10. The van der Waals surface area contributed by atoms with E-state index in [0.29, 0.717) is 28.0 Å². The first kappa shape index (κ1) is 35.7. The van der Waals surface area contributed by atoms with Gasteiger partial charge in [0, 0.05) is 17.3 Å². The molecule has 3 rings (SSSR count). The van der Waals surface area contributed by atoms with Gasteiger partial charge < -0.3 is 25.6 Å². The normalized spacial score (nSPS) is 12.6. The summed E-state index contributed by atoms with van der Waals surface area (Å²) in [6, 6.07) is 9.67. The second-order valence-corrected chi connectivity index (χ2v) is 10.9. The number of carboxylic acid groups (broad SMARTS) is 1. The van der Waals surface area contributed by atoms with Crippen molar-refractivity contribution in [3.8, 4) is 11.5 Å². The van der Waals surface area contributed by atoms with Crippen molar-refractivity contribution in [3.05, 3.63) is 54.2 Å². The highest BCUT2D eigenvalue weighted by atomic mass is 32.2. The summed E-state index contributed by atoms with van der Waals surface area (Å²) in [6.45, 7) is 5.64. The number of nitrogens with zero attached hydrogens (tertiary/aromatic N) is 1. The number of pyridine rings is 1. The Morgan fingerprint density at radius 3 is 2.20 bits per heavy atom. The molecule has 0 aliphatic heterocycles. The number of hydrogen-bond donors (Lipinski definition) is 4. The number of anilines is 2. The molecule has 2 aromatic carbocycles. The lowest BCUT2D eigenvalue weighted by atomic mass is 10.0. The molecule has 0 saturated heterocycles. The van der Waals surface area contributed by atoms with E-state index in [9.17, 15) is 39.6 Å². The van der Waals surface area contributed by atoms with Crippen LogP contribution in [0.1, 0.15) is 32.4 Å². The van der Waals surface area contributed by atoms with Crippen molar-refractivity contribution in [2.24, 2.45) is 0 Å². The van der Waals surface area contributed by atoms with Crippen molar-refractivity contribution in [2.45, 2.75) is 45.3 Å². The highest BCUT2D eigenvalue weighted by Crippen LogP contribution is 2.33. The summed E-state index contributed by atoms with van der Waals surface area (Å²) in [5.41, 5.74) is 6.49. The topological polar surface area (TPSA) is 170 Å². The molecule has 1 unspecified atom stereocenters. The molecular weight excluding hydrogens is 626 g/mol. The van der Waals surface area contributed by atoms with Crippen LogP contribution in [0.15, 0.2) is 48.7 Å². The number of aliphatic carboxylic acids is 1. The minimum absolute atomic E-state index is 0.186. The molecule has 18 heteroatoms. The zero-order valence-electron chi connectivity index (χ0n) is 23.3. The van der Waals surface area contributed by atoms with Gasteiger partial charge in [-0.2, -0.15) is 26.3 Å². The first-order chi connectivity index (χ1) is 20.2. The number of nitrogens with two attached hydrogens (primary N) is 1. The lowest BCUT2D eigenvalue weighted by Crippen LogP contribution is -2.41. The van der Waals surface area contributed by atoms with Gasteiger partial charge in [-0.25, -0.2) is 18.2 Å². The smallest absolute Gasteiger partial charge is 0.490 e. The summed E-state index contributed by atoms with van der Waals surface area (Å²) in [5.74, 6) is -5.21. The van der Waals surface area contributed by atoms with Crippen LogP contribution >= 0.6 is 0 Å². The molecule has 1 heterocycles. The predicted octanol–water partition coefficient (Wildman–Crippen LogP) is 4.80. The number of amides is 1. The van der Waals surface area contributed by atoms with Gasteiger partial charge in [0.15, 0.2) is 17.3 Å². The van der Waals surface area contributed by atoms with E-state index >= 15 is 0 Å². The number of sulfonamides is 1. The number of nitrogens with one attached hydrogen (secondary N) is 2. The predicted molar refractivity (Wildman–Crippen MR) is 148 cm³/mol. The number of carbonyl (C=O) groups excluding carboxylic acids is 1. The quantitative estimate of drug-likeness (QED) is 0.223. The lowest BCUT2D eigenvalue weighted by Gasteiger charge is -2.22. The van der Waals surface area contributed by atoms with E-state index in [1.807, 2.05) is 13.8 Å². The SMILES string of the molecule is CCOc1cc(C(Nc2ccc3c(N)nccc3c2)C(=O)NS(=O)(=O)CC(F)(F)F)ccc1OC(C)C.O=C(O)C(F)(F)F. The van der Waals surface area contributed by atoms with Gasteiger partial charge in [0.25, 0.3) is 5.91 Å². The van der Waals surface area contributed by atoms with Gasteiger partial charge in [0.1, 0.15) is 11.9 Å². The number of alkyl halides is 6. The second-order valence-electron chi connectivity index (χ2n) is 9.16. The molecule has 1 aromatic heterocycles. The van der Waals surface area contributed by atoms with Crippen molar-refractivity contribution in [1.82, 2.24) is 9.71 Å². The summed E-state index contributed by atoms with van der Waals surface area (Å²) in [4.78, 5) is 26.0. The minimum Gasteiger partial charge on any atom is -0.490 e. The number of ether oxygens (including phenoxy) is 2. The van der Waals surface area contributed by atoms with Gasteiger partial charge in [-0.15, -0.1) is 0 Å². The molecule has 3 aromatic rings.